The largest absolute Gasteiger partial charge is 0.383 e. The number of fused-ring (bicyclic) bond motifs is 3. The Balaban J connectivity index is 2.30. The zero-order valence-electron chi connectivity index (χ0n) is 10.3. The highest BCUT2D eigenvalue weighted by molar-refractivity contribution is 6.06. The van der Waals surface area contributed by atoms with E-state index in [9.17, 15) is 14.7 Å². The van der Waals surface area contributed by atoms with Gasteiger partial charge in [-0.1, -0.05) is 30.7 Å². The number of aliphatic hydroxyl groups is 1. The monoisotopic (exact) mass is 244 g/mol. The maximum atomic E-state index is 12.5. The van der Waals surface area contributed by atoms with E-state index in [-0.39, 0.29) is 5.78 Å². The normalized spacial score (nSPS) is 38.1. The fourth-order valence-electron chi connectivity index (χ4n) is 3.74. The molecule has 0 radical (unpaired) electrons. The summed E-state index contributed by atoms with van der Waals surface area (Å²) < 4.78 is 0. The van der Waals surface area contributed by atoms with Gasteiger partial charge in [0.25, 0.3) is 0 Å². The lowest BCUT2D eigenvalue weighted by Crippen LogP contribution is -2.52. The summed E-state index contributed by atoms with van der Waals surface area (Å²) in [6.07, 6.45) is 2.91. The summed E-state index contributed by atoms with van der Waals surface area (Å²) >= 11 is 0. The predicted molar refractivity (Wildman–Crippen MR) is 66.2 cm³/mol. The molecule has 0 unspecified atom stereocenters. The van der Waals surface area contributed by atoms with Gasteiger partial charge < -0.3 is 9.90 Å². The number of rotatable bonds is 1. The molecule has 0 aliphatic heterocycles. The molecule has 1 aromatic rings. The van der Waals surface area contributed by atoms with Gasteiger partial charge in [0.1, 0.15) is 11.9 Å². The first-order chi connectivity index (χ1) is 8.55. The van der Waals surface area contributed by atoms with Crippen LogP contribution in [-0.2, 0) is 10.4 Å². The van der Waals surface area contributed by atoms with E-state index >= 15 is 0 Å². The minimum Gasteiger partial charge on any atom is -0.383 e. The first-order valence-electron chi connectivity index (χ1n) is 6.37. The van der Waals surface area contributed by atoms with E-state index in [1.54, 1.807) is 25.1 Å². The summed E-state index contributed by atoms with van der Waals surface area (Å²) in [5.41, 5.74) is -0.952. The molecule has 1 N–H and O–H groups in total. The van der Waals surface area contributed by atoms with Gasteiger partial charge in [0.05, 0.1) is 5.41 Å². The van der Waals surface area contributed by atoms with Crippen molar-refractivity contribution in [1.82, 2.24) is 0 Å². The van der Waals surface area contributed by atoms with Crippen molar-refractivity contribution in [2.24, 2.45) is 11.3 Å². The Morgan fingerprint density at radius 3 is 2.83 bits per heavy atom. The molecule has 18 heavy (non-hydrogen) atoms. The van der Waals surface area contributed by atoms with E-state index < -0.39 is 16.9 Å². The molecule has 94 valence electrons. The first kappa shape index (κ1) is 11.6. The van der Waals surface area contributed by atoms with E-state index in [0.717, 1.165) is 12.7 Å². The van der Waals surface area contributed by atoms with Gasteiger partial charge in [0, 0.05) is 11.5 Å². The molecule has 1 fully saturated rings. The summed E-state index contributed by atoms with van der Waals surface area (Å²) in [6, 6.07) is 7.14. The number of Topliss-reactive ketones (excluding diaryl/α,β-unsaturated/α-hetero) is 1. The SMILES string of the molecule is C[C@]12CCC[C@H](C=O)[C@@]1(O)c1ccccc1C2=O. The fourth-order valence-corrected chi connectivity index (χ4v) is 3.74. The van der Waals surface area contributed by atoms with Crippen molar-refractivity contribution in [2.45, 2.75) is 31.8 Å². The molecule has 0 saturated heterocycles. The molecule has 3 heteroatoms. The van der Waals surface area contributed by atoms with Crippen LogP contribution in [0, 0.1) is 11.3 Å². The Labute approximate surface area is 106 Å². The molecule has 2 aliphatic carbocycles. The average Bonchev–Trinajstić information content (AvgIpc) is 2.57. The molecule has 2 aliphatic rings. The van der Waals surface area contributed by atoms with Crippen molar-refractivity contribution in [3.8, 4) is 0 Å². The highest BCUT2D eigenvalue weighted by atomic mass is 16.3. The Morgan fingerprint density at radius 1 is 1.39 bits per heavy atom. The lowest BCUT2D eigenvalue weighted by molar-refractivity contribution is -0.143. The first-order valence-corrected chi connectivity index (χ1v) is 6.37. The molecule has 3 atom stereocenters. The van der Waals surface area contributed by atoms with Crippen LogP contribution in [0.4, 0.5) is 0 Å². The van der Waals surface area contributed by atoms with Crippen LogP contribution < -0.4 is 0 Å². The third-order valence-corrected chi connectivity index (χ3v) is 4.82. The quantitative estimate of drug-likeness (QED) is 0.769. The van der Waals surface area contributed by atoms with Gasteiger partial charge >= 0.3 is 0 Å². The molecular formula is C15H16O3. The van der Waals surface area contributed by atoms with Gasteiger partial charge in [-0.2, -0.15) is 0 Å². The van der Waals surface area contributed by atoms with E-state index in [1.807, 2.05) is 6.07 Å². The second-order valence-electron chi connectivity index (χ2n) is 5.61. The third kappa shape index (κ3) is 1.08. The van der Waals surface area contributed by atoms with Crippen molar-refractivity contribution < 1.29 is 14.7 Å². The number of aldehydes is 1. The van der Waals surface area contributed by atoms with Gasteiger partial charge in [-0.25, -0.2) is 0 Å². The molecule has 1 aromatic carbocycles. The van der Waals surface area contributed by atoms with Crippen LogP contribution >= 0.6 is 0 Å². The van der Waals surface area contributed by atoms with Gasteiger partial charge in [0.15, 0.2) is 5.78 Å². The molecule has 1 saturated carbocycles. The molecule has 3 nitrogen and oxygen atoms in total. The second-order valence-corrected chi connectivity index (χ2v) is 5.61. The Bertz CT molecular complexity index is 536. The summed E-state index contributed by atoms with van der Waals surface area (Å²) in [4.78, 5) is 23.8. The van der Waals surface area contributed by atoms with Gasteiger partial charge in [-0.3, -0.25) is 4.79 Å². The Hall–Kier alpha value is -1.48. The summed E-state index contributed by atoms with van der Waals surface area (Å²) in [5, 5.41) is 11.1. The maximum absolute atomic E-state index is 12.5. The van der Waals surface area contributed by atoms with Crippen molar-refractivity contribution in [3.63, 3.8) is 0 Å². The molecular weight excluding hydrogens is 228 g/mol. The van der Waals surface area contributed by atoms with Crippen LogP contribution in [0.3, 0.4) is 0 Å². The Morgan fingerprint density at radius 2 is 2.11 bits per heavy atom. The molecule has 3 rings (SSSR count). The zero-order chi connectivity index (χ0) is 13.0. The fraction of sp³-hybridized carbons (Fsp3) is 0.467. The van der Waals surface area contributed by atoms with Crippen LogP contribution in [0.5, 0.6) is 0 Å². The third-order valence-electron chi connectivity index (χ3n) is 4.82. The van der Waals surface area contributed by atoms with Crippen molar-refractivity contribution in [1.29, 1.82) is 0 Å². The van der Waals surface area contributed by atoms with Gasteiger partial charge in [-0.05, 0) is 25.3 Å². The van der Waals surface area contributed by atoms with E-state index in [0.29, 0.717) is 24.0 Å². The minimum absolute atomic E-state index is 0.0212. The van der Waals surface area contributed by atoms with Crippen LogP contribution in [0.15, 0.2) is 24.3 Å². The molecule has 0 bridgehead atoms. The maximum Gasteiger partial charge on any atom is 0.172 e. The average molecular weight is 244 g/mol. The highest BCUT2D eigenvalue weighted by Gasteiger charge is 2.64. The second kappa shape index (κ2) is 3.51. The van der Waals surface area contributed by atoms with E-state index in [4.69, 9.17) is 0 Å². The van der Waals surface area contributed by atoms with Gasteiger partial charge in [0.2, 0.25) is 0 Å². The summed E-state index contributed by atoms with van der Waals surface area (Å²) in [6.45, 7) is 1.80. The van der Waals surface area contributed by atoms with E-state index in [1.165, 1.54) is 0 Å². The topological polar surface area (TPSA) is 54.4 Å². The van der Waals surface area contributed by atoms with E-state index in [2.05, 4.69) is 0 Å². The number of hydrogen-bond acceptors (Lipinski definition) is 3. The smallest absolute Gasteiger partial charge is 0.172 e. The highest BCUT2D eigenvalue weighted by Crippen LogP contribution is 2.59. The van der Waals surface area contributed by atoms with Gasteiger partial charge in [-0.15, -0.1) is 0 Å². The Kier molecular flexibility index (Phi) is 2.26. The van der Waals surface area contributed by atoms with Crippen LogP contribution in [0.25, 0.3) is 0 Å². The predicted octanol–water partition coefficient (Wildman–Crippen LogP) is 2.08. The van der Waals surface area contributed by atoms with Crippen molar-refractivity contribution in [3.05, 3.63) is 35.4 Å². The zero-order valence-corrected chi connectivity index (χ0v) is 10.3. The summed E-state index contributed by atoms with van der Waals surface area (Å²) in [7, 11) is 0. The van der Waals surface area contributed by atoms with Crippen LogP contribution in [0.1, 0.15) is 42.1 Å². The molecule has 0 spiro atoms. The standard InChI is InChI=1S/C15H16O3/c1-14-8-4-5-10(9-16)15(14,18)12-7-3-2-6-11(12)13(14)17/h2-3,6-7,9-10,18H,4-5,8H2,1H3/t10-,14-,15-/m1/s1. The lowest BCUT2D eigenvalue weighted by Gasteiger charge is -2.46. The van der Waals surface area contributed by atoms with Crippen LogP contribution in [0.2, 0.25) is 0 Å². The number of carbonyl (C=O) groups excluding carboxylic acids is 2. The number of benzene rings is 1. The number of carbonyl (C=O) groups is 2. The molecule has 0 aromatic heterocycles. The number of hydrogen-bond donors (Lipinski definition) is 1. The minimum atomic E-state index is -1.32. The van der Waals surface area contributed by atoms with Crippen molar-refractivity contribution >= 4 is 12.1 Å². The summed E-state index contributed by atoms with van der Waals surface area (Å²) in [5.74, 6) is -0.504. The lowest BCUT2D eigenvalue weighted by atomic mass is 9.60. The number of ketones is 1. The molecule has 0 amide bonds. The molecule has 0 heterocycles. The van der Waals surface area contributed by atoms with Crippen molar-refractivity contribution in [2.75, 3.05) is 0 Å². The van der Waals surface area contributed by atoms with Crippen LogP contribution in [-0.4, -0.2) is 17.2 Å².